The van der Waals surface area contributed by atoms with E-state index in [4.69, 9.17) is 0 Å². The number of fused-ring (bicyclic) bond motifs is 1. The van der Waals surface area contributed by atoms with E-state index in [9.17, 15) is 5.11 Å². The molecule has 0 aromatic rings. The van der Waals surface area contributed by atoms with E-state index in [2.05, 4.69) is 27.4 Å². The highest BCUT2D eigenvalue weighted by atomic mass is 16.3. The lowest BCUT2D eigenvalue weighted by atomic mass is 9.52. The molecule has 1 heteroatoms. The predicted octanol–water partition coefficient (Wildman–Crippen LogP) is 3.78. The molecular formula is C15H26O. The summed E-state index contributed by atoms with van der Waals surface area (Å²) in [5.41, 5.74) is 1.90. The van der Waals surface area contributed by atoms with Gasteiger partial charge in [-0.15, -0.1) is 0 Å². The van der Waals surface area contributed by atoms with E-state index < -0.39 is 0 Å². The molecule has 92 valence electrons. The Kier molecular flexibility index (Phi) is 3.18. The Labute approximate surface area is 99.9 Å². The van der Waals surface area contributed by atoms with E-state index in [1.807, 2.05) is 0 Å². The SMILES string of the molecule is C=C1CC[C@@H](O)[C@@H](C)CC[C@@H]2[C@@H]1CC2(C)C. The first-order chi connectivity index (χ1) is 7.42. The Balaban J connectivity index is 2.09. The predicted molar refractivity (Wildman–Crippen MR) is 68.2 cm³/mol. The zero-order valence-corrected chi connectivity index (χ0v) is 11.0. The van der Waals surface area contributed by atoms with Gasteiger partial charge in [0.1, 0.15) is 0 Å². The van der Waals surface area contributed by atoms with Crippen molar-refractivity contribution in [3.05, 3.63) is 12.2 Å². The van der Waals surface area contributed by atoms with Crippen LogP contribution in [0.5, 0.6) is 0 Å². The van der Waals surface area contributed by atoms with Gasteiger partial charge in [-0.2, -0.15) is 0 Å². The van der Waals surface area contributed by atoms with Gasteiger partial charge in [-0.3, -0.25) is 0 Å². The molecule has 0 unspecified atom stereocenters. The van der Waals surface area contributed by atoms with Crippen molar-refractivity contribution < 1.29 is 5.11 Å². The van der Waals surface area contributed by atoms with Crippen LogP contribution in [-0.4, -0.2) is 11.2 Å². The lowest BCUT2D eigenvalue weighted by Crippen LogP contribution is -2.44. The molecule has 0 amide bonds. The summed E-state index contributed by atoms with van der Waals surface area (Å²) in [6.45, 7) is 11.2. The van der Waals surface area contributed by atoms with Crippen molar-refractivity contribution in [1.82, 2.24) is 0 Å². The summed E-state index contributed by atoms with van der Waals surface area (Å²) >= 11 is 0. The molecular weight excluding hydrogens is 196 g/mol. The molecule has 0 aromatic heterocycles. The number of rotatable bonds is 0. The minimum Gasteiger partial charge on any atom is -0.393 e. The first-order valence-electron chi connectivity index (χ1n) is 6.77. The zero-order valence-electron chi connectivity index (χ0n) is 11.0. The van der Waals surface area contributed by atoms with Crippen LogP contribution in [0.15, 0.2) is 12.2 Å². The van der Waals surface area contributed by atoms with E-state index in [0.717, 1.165) is 24.7 Å². The van der Waals surface area contributed by atoms with Crippen LogP contribution in [0.3, 0.4) is 0 Å². The number of aliphatic hydroxyl groups excluding tert-OH is 1. The number of allylic oxidation sites excluding steroid dienone is 1. The van der Waals surface area contributed by atoms with Crippen molar-refractivity contribution in [3.8, 4) is 0 Å². The number of aliphatic hydroxyl groups is 1. The quantitative estimate of drug-likeness (QED) is 0.618. The Morgan fingerprint density at radius 3 is 2.56 bits per heavy atom. The third kappa shape index (κ3) is 2.07. The van der Waals surface area contributed by atoms with Crippen LogP contribution < -0.4 is 0 Å². The van der Waals surface area contributed by atoms with E-state index in [0.29, 0.717) is 11.3 Å². The van der Waals surface area contributed by atoms with E-state index in [-0.39, 0.29) is 6.10 Å². The molecule has 0 bridgehead atoms. The van der Waals surface area contributed by atoms with Crippen LogP contribution in [-0.2, 0) is 0 Å². The second kappa shape index (κ2) is 4.18. The van der Waals surface area contributed by atoms with Gasteiger partial charge in [-0.25, -0.2) is 0 Å². The summed E-state index contributed by atoms with van der Waals surface area (Å²) in [6, 6.07) is 0. The van der Waals surface area contributed by atoms with Crippen LogP contribution in [0.1, 0.15) is 52.9 Å². The van der Waals surface area contributed by atoms with Crippen LogP contribution in [0.4, 0.5) is 0 Å². The summed E-state index contributed by atoms with van der Waals surface area (Å²) in [4.78, 5) is 0. The van der Waals surface area contributed by atoms with Crippen molar-refractivity contribution in [3.63, 3.8) is 0 Å². The third-order valence-corrected chi connectivity index (χ3v) is 5.11. The van der Waals surface area contributed by atoms with Crippen molar-refractivity contribution >= 4 is 0 Å². The molecule has 0 saturated heterocycles. The third-order valence-electron chi connectivity index (χ3n) is 5.11. The van der Waals surface area contributed by atoms with E-state index in [1.54, 1.807) is 0 Å². The Bertz CT molecular complexity index is 279. The van der Waals surface area contributed by atoms with Gasteiger partial charge in [0.25, 0.3) is 0 Å². The maximum Gasteiger partial charge on any atom is 0.0568 e. The van der Waals surface area contributed by atoms with Gasteiger partial charge in [0.2, 0.25) is 0 Å². The Morgan fingerprint density at radius 2 is 1.94 bits per heavy atom. The largest absolute Gasteiger partial charge is 0.393 e. The molecule has 0 spiro atoms. The highest BCUT2D eigenvalue weighted by Crippen LogP contribution is 2.56. The van der Waals surface area contributed by atoms with Crippen LogP contribution in [0.25, 0.3) is 0 Å². The molecule has 0 radical (unpaired) electrons. The number of hydrogen-bond acceptors (Lipinski definition) is 1. The second-order valence-electron chi connectivity index (χ2n) is 6.72. The summed E-state index contributed by atoms with van der Waals surface area (Å²) in [5.74, 6) is 2.02. The molecule has 0 heterocycles. The highest BCUT2D eigenvalue weighted by Gasteiger charge is 2.47. The van der Waals surface area contributed by atoms with Gasteiger partial charge in [0, 0.05) is 0 Å². The Hall–Kier alpha value is -0.300. The second-order valence-corrected chi connectivity index (χ2v) is 6.72. The van der Waals surface area contributed by atoms with E-state index >= 15 is 0 Å². The van der Waals surface area contributed by atoms with Gasteiger partial charge in [0.05, 0.1) is 6.10 Å². The summed E-state index contributed by atoms with van der Waals surface area (Å²) in [7, 11) is 0. The first kappa shape index (κ1) is 12.2. The molecule has 0 aliphatic heterocycles. The minimum absolute atomic E-state index is 0.114. The molecule has 2 aliphatic carbocycles. The van der Waals surface area contributed by atoms with Crippen molar-refractivity contribution in [2.75, 3.05) is 0 Å². The van der Waals surface area contributed by atoms with Gasteiger partial charge >= 0.3 is 0 Å². The smallest absolute Gasteiger partial charge is 0.0568 e. The topological polar surface area (TPSA) is 20.2 Å². The lowest BCUT2D eigenvalue weighted by Gasteiger charge is -2.53. The molecule has 2 saturated carbocycles. The molecule has 1 N–H and O–H groups in total. The summed E-state index contributed by atoms with van der Waals surface area (Å²) in [5, 5.41) is 10.0. The maximum absolute atomic E-state index is 10.0. The molecule has 16 heavy (non-hydrogen) atoms. The summed E-state index contributed by atoms with van der Waals surface area (Å²) in [6.07, 6.45) is 5.60. The minimum atomic E-state index is -0.114. The van der Waals surface area contributed by atoms with Crippen LogP contribution in [0.2, 0.25) is 0 Å². The fourth-order valence-electron chi connectivity index (χ4n) is 3.70. The maximum atomic E-state index is 10.0. The van der Waals surface area contributed by atoms with Crippen molar-refractivity contribution in [2.45, 2.75) is 59.0 Å². The van der Waals surface area contributed by atoms with Gasteiger partial charge in [-0.05, 0) is 55.3 Å². The molecule has 2 fully saturated rings. The van der Waals surface area contributed by atoms with E-state index in [1.165, 1.54) is 24.8 Å². The van der Waals surface area contributed by atoms with Crippen LogP contribution >= 0.6 is 0 Å². The van der Waals surface area contributed by atoms with Crippen LogP contribution in [0, 0.1) is 23.2 Å². The molecule has 1 nitrogen and oxygen atoms in total. The lowest BCUT2D eigenvalue weighted by molar-refractivity contribution is -0.000989. The molecule has 2 rings (SSSR count). The molecule has 4 atom stereocenters. The average molecular weight is 222 g/mol. The summed E-state index contributed by atoms with van der Waals surface area (Å²) < 4.78 is 0. The fourth-order valence-corrected chi connectivity index (χ4v) is 3.70. The normalized spacial score (nSPS) is 43.6. The van der Waals surface area contributed by atoms with Gasteiger partial charge in [0.15, 0.2) is 0 Å². The first-order valence-corrected chi connectivity index (χ1v) is 6.77. The van der Waals surface area contributed by atoms with Gasteiger partial charge in [-0.1, -0.05) is 32.9 Å². The zero-order chi connectivity index (χ0) is 11.9. The number of hydrogen-bond donors (Lipinski definition) is 1. The van der Waals surface area contributed by atoms with Gasteiger partial charge < -0.3 is 5.11 Å². The Morgan fingerprint density at radius 1 is 1.25 bits per heavy atom. The van der Waals surface area contributed by atoms with Crippen molar-refractivity contribution in [2.24, 2.45) is 23.2 Å². The fraction of sp³-hybridized carbons (Fsp3) is 0.867. The monoisotopic (exact) mass is 222 g/mol. The van der Waals surface area contributed by atoms with Crippen molar-refractivity contribution in [1.29, 1.82) is 0 Å². The molecule has 0 aromatic carbocycles. The standard InChI is InChI=1S/C15H26O/c1-10-6-8-14(16)11(2)5-7-13-12(10)9-15(13,3)4/h11-14,16H,1,5-9H2,2-4H3/t11-,12+,13+,14+/m0/s1. The average Bonchev–Trinajstić information content (AvgIpc) is 2.24. The molecule has 2 aliphatic rings. The highest BCUT2D eigenvalue weighted by molar-refractivity contribution is 5.13.